The van der Waals surface area contributed by atoms with Crippen LogP contribution in [0.25, 0.3) is 0 Å². The Morgan fingerprint density at radius 3 is 2.67 bits per heavy atom. The van der Waals surface area contributed by atoms with Crippen LogP contribution in [0.3, 0.4) is 0 Å². The number of nitrogens with one attached hydrogen (secondary N) is 1. The van der Waals surface area contributed by atoms with Crippen molar-refractivity contribution in [2.75, 3.05) is 12.0 Å². The number of aromatic nitrogens is 2. The first kappa shape index (κ1) is 14.7. The van der Waals surface area contributed by atoms with Gasteiger partial charge < -0.3 is 10.2 Å². The number of unbranched alkanes of at least 4 members (excludes halogenated alkanes) is 3. The minimum Gasteiger partial charge on any atom is -0.478 e. The highest BCUT2D eigenvalue weighted by Gasteiger charge is 2.04. The highest BCUT2D eigenvalue weighted by atomic mass is 16.5. The SMILES string of the molecule is CCCCCCOc1cc(NN)nc(CCC)n1. The average Bonchev–Trinajstić information content (AvgIpc) is 2.38. The number of nitrogen functional groups attached to an aromatic ring is 1. The molecule has 0 spiro atoms. The Morgan fingerprint density at radius 1 is 1.17 bits per heavy atom. The summed E-state index contributed by atoms with van der Waals surface area (Å²) in [5.41, 5.74) is 2.55. The zero-order valence-corrected chi connectivity index (χ0v) is 11.4. The van der Waals surface area contributed by atoms with Crippen molar-refractivity contribution < 1.29 is 4.74 Å². The molecule has 0 unspecified atom stereocenters. The normalized spacial score (nSPS) is 10.4. The maximum absolute atomic E-state index is 5.64. The van der Waals surface area contributed by atoms with Crippen LogP contribution in [-0.4, -0.2) is 16.6 Å². The summed E-state index contributed by atoms with van der Waals surface area (Å²) in [6.07, 6.45) is 6.59. The summed E-state index contributed by atoms with van der Waals surface area (Å²) in [5, 5.41) is 0. The van der Waals surface area contributed by atoms with E-state index in [4.69, 9.17) is 10.6 Å². The van der Waals surface area contributed by atoms with Gasteiger partial charge >= 0.3 is 0 Å². The van der Waals surface area contributed by atoms with E-state index in [1.165, 1.54) is 19.3 Å². The molecule has 18 heavy (non-hydrogen) atoms. The van der Waals surface area contributed by atoms with Gasteiger partial charge in [0.15, 0.2) is 0 Å². The van der Waals surface area contributed by atoms with E-state index in [1.807, 2.05) is 0 Å². The van der Waals surface area contributed by atoms with Crippen LogP contribution >= 0.6 is 0 Å². The predicted molar refractivity (Wildman–Crippen MR) is 73.5 cm³/mol. The minimum absolute atomic E-state index is 0.608. The Morgan fingerprint density at radius 2 is 2.00 bits per heavy atom. The largest absolute Gasteiger partial charge is 0.478 e. The topological polar surface area (TPSA) is 73.1 Å². The van der Waals surface area contributed by atoms with E-state index >= 15 is 0 Å². The molecule has 1 aromatic rings. The fourth-order valence-corrected chi connectivity index (χ4v) is 1.66. The molecule has 0 radical (unpaired) electrons. The number of nitrogens with two attached hydrogens (primary N) is 1. The Balaban J connectivity index is 2.50. The van der Waals surface area contributed by atoms with Crippen LogP contribution in [0.2, 0.25) is 0 Å². The molecule has 0 fully saturated rings. The molecule has 1 heterocycles. The lowest BCUT2D eigenvalue weighted by Crippen LogP contribution is -2.11. The van der Waals surface area contributed by atoms with E-state index in [0.717, 1.165) is 25.1 Å². The molecule has 102 valence electrons. The average molecular weight is 252 g/mol. The number of aryl methyl sites for hydroxylation is 1. The van der Waals surface area contributed by atoms with Gasteiger partial charge in [-0.2, -0.15) is 4.98 Å². The van der Waals surface area contributed by atoms with Gasteiger partial charge in [0.25, 0.3) is 0 Å². The van der Waals surface area contributed by atoms with Crippen molar-refractivity contribution in [3.05, 3.63) is 11.9 Å². The standard InChI is InChI=1S/C13H24N4O/c1-3-5-6-7-9-18-13-10-12(17-14)15-11(16-13)8-4-2/h10H,3-9,14H2,1-2H3,(H,15,16,17). The van der Waals surface area contributed by atoms with Gasteiger partial charge in [0.1, 0.15) is 11.6 Å². The molecule has 0 aliphatic rings. The second kappa shape index (κ2) is 8.69. The zero-order valence-electron chi connectivity index (χ0n) is 11.4. The van der Waals surface area contributed by atoms with Gasteiger partial charge in [-0.3, -0.25) is 0 Å². The summed E-state index contributed by atoms with van der Waals surface area (Å²) in [6.45, 7) is 4.99. The van der Waals surface area contributed by atoms with Gasteiger partial charge in [0.05, 0.1) is 6.61 Å². The number of anilines is 1. The lowest BCUT2D eigenvalue weighted by Gasteiger charge is -2.08. The molecule has 0 aliphatic carbocycles. The van der Waals surface area contributed by atoms with Crippen LogP contribution in [-0.2, 0) is 6.42 Å². The third kappa shape index (κ3) is 5.31. The van der Waals surface area contributed by atoms with E-state index in [-0.39, 0.29) is 0 Å². The summed E-state index contributed by atoms with van der Waals surface area (Å²) in [4.78, 5) is 8.63. The summed E-state index contributed by atoms with van der Waals surface area (Å²) in [7, 11) is 0. The predicted octanol–water partition coefficient (Wildman–Crippen LogP) is 2.67. The first-order valence-corrected chi connectivity index (χ1v) is 6.77. The lowest BCUT2D eigenvalue weighted by molar-refractivity contribution is 0.292. The number of hydrazine groups is 1. The zero-order chi connectivity index (χ0) is 13.2. The molecule has 0 saturated heterocycles. The fourth-order valence-electron chi connectivity index (χ4n) is 1.66. The maximum atomic E-state index is 5.64. The Bertz CT molecular complexity index is 344. The Labute approximate surface area is 109 Å². The highest BCUT2D eigenvalue weighted by Crippen LogP contribution is 2.14. The molecule has 0 aromatic carbocycles. The molecule has 0 saturated carbocycles. The minimum atomic E-state index is 0.608. The number of rotatable bonds is 9. The number of hydrogen-bond donors (Lipinski definition) is 2. The molecule has 1 aromatic heterocycles. The van der Waals surface area contributed by atoms with Crippen molar-refractivity contribution in [3.63, 3.8) is 0 Å². The number of hydrogen-bond acceptors (Lipinski definition) is 5. The van der Waals surface area contributed by atoms with Crippen LogP contribution in [0.1, 0.15) is 51.8 Å². The first-order valence-electron chi connectivity index (χ1n) is 6.77. The van der Waals surface area contributed by atoms with Gasteiger partial charge in [-0.25, -0.2) is 10.8 Å². The van der Waals surface area contributed by atoms with Crippen LogP contribution in [0.15, 0.2) is 6.07 Å². The molecule has 5 heteroatoms. The molecule has 0 amide bonds. The van der Waals surface area contributed by atoms with Gasteiger partial charge in [0, 0.05) is 12.5 Å². The monoisotopic (exact) mass is 252 g/mol. The molecular weight excluding hydrogens is 228 g/mol. The van der Waals surface area contributed by atoms with Crippen molar-refractivity contribution in [3.8, 4) is 5.88 Å². The molecular formula is C13H24N4O. The highest BCUT2D eigenvalue weighted by molar-refractivity contribution is 5.36. The van der Waals surface area contributed by atoms with Crippen molar-refractivity contribution in [2.24, 2.45) is 5.84 Å². The summed E-state index contributed by atoms with van der Waals surface area (Å²) in [5.74, 6) is 7.37. The number of nitrogens with zero attached hydrogens (tertiary/aromatic N) is 2. The van der Waals surface area contributed by atoms with Crippen LogP contribution < -0.4 is 16.0 Å². The van der Waals surface area contributed by atoms with E-state index < -0.39 is 0 Å². The quantitative estimate of drug-likeness (QED) is 0.401. The van der Waals surface area contributed by atoms with Gasteiger partial charge in [-0.15, -0.1) is 0 Å². The molecule has 0 aliphatic heterocycles. The van der Waals surface area contributed by atoms with E-state index in [1.54, 1.807) is 6.07 Å². The molecule has 3 N–H and O–H groups in total. The second-order valence-electron chi connectivity index (χ2n) is 4.31. The van der Waals surface area contributed by atoms with Crippen molar-refractivity contribution in [2.45, 2.75) is 52.4 Å². The Hall–Kier alpha value is -1.36. The summed E-state index contributed by atoms with van der Waals surface area (Å²) < 4.78 is 5.64. The van der Waals surface area contributed by atoms with Crippen LogP contribution in [0, 0.1) is 0 Å². The van der Waals surface area contributed by atoms with Crippen LogP contribution in [0.5, 0.6) is 5.88 Å². The maximum Gasteiger partial charge on any atom is 0.218 e. The summed E-state index contributed by atoms with van der Waals surface area (Å²) >= 11 is 0. The van der Waals surface area contributed by atoms with E-state index in [9.17, 15) is 0 Å². The third-order valence-electron chi connectivity index (χ3n) is 2.62. The smallest absolute Gasteiger partial charge is 0.218 e. The fraction of sp³-hybridized carbons (Fsp3) is 0.692. The lowest BCUT2D eigenvalue weighted by atomic mass is 10.2. The van der Waals surface area contributed by atoms with Crippen molar-refractivity contribution in [1.29, 1.82) is 0 Å². The van der Waals surface area contributed by atoms with Gasteiger partial charge in [-0.05, 0) is 12.8 Å². The second-order valence-corrected chi connectivity index (χ2v) is 4.31. The van der Waals surface area contributed by atoms with Crippen LogP contribution in [0.4, 0.5) is 5.82 Å². The van der Waals surface area contributed by atoms with Gasteiger partial charge in [0.2, 0.25) is 5.88 Å². The van der Waals surface area contributed by atoms with Gasteiger partial charge in [-0.1, -0.05) is 33.1 Å². The van der Waals surface area contributed by atoms with Crippen molar-refractivity contribution >= 4 is 5.82 Å². The van der Waals surface area contributed by atoms with E-state index in [2.05, 4.69) is 29.2 Å². The van der Waals surface area contributed by atoms with E-state index in [0.29, 0.717) is 18.3 Å². The Kier molecular flexibility index (Phi) is 7.10. The molecule has 1 rings (SSSR count). The van der Waals surface area contributed by atoms with Crippen molar-refractivity contribution in [1.82, 2.24) is 9.97 Å². The first-order chi connectivity index (χ1) is 8.80. The molecule has 5 nitrogen and oxygen atoms in total. The molecule has 0 bridgehead atoms. The third-order valence-corrected chi connectivity index (χ3v) is 2.62. The number of ether oxygens (including phenoxy) is 1. The summed E-state index contributed by atoms with van der Waals surface area (Å²) in [6, 6.07) is 1.74. The molecule has 0 atom stereocenters.